The number of nitrogen functional groups attached to an aromatic ring is 1. The van der Waals surface area contributed by atoms with Crippen molar-refractivity contribution in [1.29, 1.82) is 0 Å². The molecule has 0 aliphatic carbocycles. The lowest BCUT2D eigenvalue weighted by Gasteiger charge is -2.37. The van der Waals surface area contributed by atoms with Gasteiger partial charge in [-0.15, -0.1) is 0 Å². The average molecular weight is 555 g/mol. The van der Waals surface area contributed by atoms with Gasteiger partial charge in [-0.3, -0.25) is 14.5 Å². The number of carboxylic acid groups (broad SMARTS) is 1. The van der Waals surface area contributed by atoms with Gasteiger partial charge in [-0.25, -0.2) is 17.6 Å². The number of carbonyl (C=O) groups excluding carboxylic acids is 2. The van der Waals surface area contributed by atoms with Gasteiger partial charge >= 0.3 is 5.97 Å². The van der Waals surface area contributed by atoms with Crippen LogP contribution in [0.5, 0.6) is 0 Å². The Bertz CT molecular complexity index is 1520. The fraction of sp³-hybridized carbons (Fsp3) is 0.222. The number of carboxylic acids is 1. The second kappa shape index (κ2) is 11.1. The molecule has 2 amide bonds. The van der Waals surface area contributed by atoms with E-state index < -0.39 is 27.5 Å². The lowest BCUT2D eigenvalue weighted by molar-refractivity contribution is -0.129. The summed E-state index contributed by atoms with van der Waals surface area (Å²) >= 11 is 0. The zero-order valence-corrected chi connectivity index (χ0v) is 21.9. The number of piperazine rings is 1. The van der Waals surface area contributed by atoms with E-state index in [0.29, 0.717) is 24.5 Å². The fourth-order valence-corrected chi connectivity index (χ4v) is 5.32. The predicted octanol–water partition coefficient (Wildman–Crippen LogP) is 2.51. The third-order valence-electron chi connectivity index (χ3n) is 6.43. The molecule has 1 fully saturated rings. The summed E-state index contributed by atoms with van der Waals surface area (Å²) in [6, 6.07) is 16.0. The Morgan fingerprint density at radius 1 is 0.974 bits per heavy atom. The van der Waals surface area contributed by atoms with Gasteiger partial charge in [-0.1, -0.05) is 18.2 Å². The average Bonchev–Trinajstić information content (AvgIpc) is 2.91. The number of amides is 2. The minimum Gasteiger partial charge on any atom is -0.478 e. The smallest absolute Gasteiger partial charge is 0.337 e. The zero-order valence-electron chi connectivity index (χ0n) is 21.1. The quantitative estimate of drug-likeness (QED) is 0.425. The maximum Gasteiger partial charge on any atom is 0.337 e. The molecule has 0 atom stereocenters. The highest BCUT2D eigenvalue weighted by molar-refractivity contribution is 7.90. The van der Waals surface area contributed by atoms with Gasteiger partial charge in [0, 0.05) is 49.4 Å². The summed E-state index contributed by atoms with van der Waals surface area (Å²) in [6.45, 7) is 0.861. The Kier molecular flexibility index (Phi) is 7.86. The first-order chi connectivity index (χ1) is 18.5. The van der Waals surface area contributed by atoms with E-state index >= 15 is 0 Å². The largest absolute Gasteiger partial charge is 0.478 e. The first-order valence-electron chi connectivity index (χ1n) is 12.0. The summed E-state index contributed by atoms with van der Waals surface area (Å²) in [5.74, 6) is -2.73. The van der Waals surface area contributed by atoms with Gasteiger partial charge in [-0.2, -0.15) is 0 Å². The molecule has 39 heavy (non-hydrogen) atoms. The zero-order chi connectivity index (χ0) is 28.3. The highest BCUT2D eigenvalue weighted by atomic mass is 32.2. The molecule has 10 nitrogen and oxygen atoms in total. The van der Waals surface area contributed by atoms with Crippen molar-refractivity contribution >= 4 is 44.7 Å². The lowest BCUT2D eigenvalue weighted by atomic mass is 10.1. The number of nitrogens with two attached hydrogens (primary N) is 1. The van der Waals surface area contributed by atoms with Crippen LogP contribution in [0, 0.1) is 5.82 Å². The minimum atomic E-state index is -3.68. The van der Waals surface area contributed by atoms with Crippen molar-refractivity contribution in [2.75, 3.05) is 54.5 Å². The van der Waals surface area contributed by atoms with E-state index in [1.165, 1.54) is 35.2 Å². The van der Waals surface area contributed by atoms with Gasteiger partial charge in [-0.05, 0) is 48.5 Å². The Balaban J connectivity index is 1.51. The number of para-hydroxylation sites is 1. The Morgan fingerprint density at radius 2 is 1.64 bits per heavy atom. The monoisotopic (exact) mass is 554 g/mol. The number of nitrogens with zero attached hydrogens (tertiary/aromatic N) is 3. The number of benzene rings is 3. The third-order valence-corrected chi connectivity index (χ3v) is 7.56. The number of anilines is 3. The van der Waals surface area contributed by atoms with Crippen molar-refractivity contribution in [3.05, 3.63) is 83.7 Å². The molecule has 0 aromatic heterocycles. The van der Waals surface area contributed by atoms with Crippen molar-refractivity contribution in [2.24, 2.45) is 0 Å². The van der Waals surface area contributed by atoms with Crippen LogP contribution in [0.3, 0.4) is 0 Å². The number of sulfone groups is 1. The topological polar surface area (TPSA) is 141 Å². The summed E-state index contributed by atoms with van der Waals surface area (Å²) < 4.78 is 38.1. The van der Waals surface area contributed by atoms with E-state index in [0.717, 1.165) is 12.3 Å². The maximum absolute atomic E-state index is 13.7. The molecule has 0 radical (unpaired) electrons. The highest BCUT2D eigenvalue weighted by Crippen LogP contribution is 2.27. The summed E-state index contributed by atoms with van der Waals surface area (Å²) in [4.78, 5) is 42.6. The van der Waals surface area contributed by atoms with E-state index in [1.54, 1.807) is 40.1 Å². The first kappa shape index (κ1) is 27.6. The van der Waals surface area contributed by atoms with Crippen LogP contribution in [0.25, 0.3) is 0 Å². The van der Waals surface area contributed by atoms with Gasteiger partial charge in [0.25, 0.3) is 5.91 Å². The molecule has 204 valence electrons. The number of halogens is 1. The number of aromatic carboxylic acids is 1. The van der Waals surface area contributed by atoms with E-state index in [9.17, 15) is 32.3 Å². The summed E-state index contributed by atoms with van der Waals surface area (Å²) in [5.41, 5.74) is 6.60. The van der Waals surface area contributed by atoms with Crippen LogP contribution in [-0.4, -0.2) is 75.2 Å². The van der Waals surface area contributed by atoms with Crippen molar-refractivity contribution < 1.29 is 32.3 Å². The van der Waals surface area contributed by atoms with Crippen LogP contribution in [0.15, 0.2) is 71.6 Å². The van der Waals surface area contributed by atoms with Crippen molar-refractivity contribution in [2.45, 2.75) is 4.90 Å². The van der Waals surface area contributed by atoms with Gasteiger partial charge in [0.15, 0.2) is 9.84 Å². The van der Waals surface area contributed by atoms with Crippen molar-refractivity contribution in [3.63, 3.8) is 0 Å². The molecule has 0 bridgehead atoms. The van der Waals surface area contributed by atoms with Crippen LogP contribution < -0.4 is 15.5 Å². The Hall–Kier alpha value is -4.45. The number of rotatable bonds is 7. The fourth-order valence-electron chi connectivity index (χ4n) is 4.41. The summed E-state index contributed by atoms with van der Waals surface area (Å²) in [6.07, 6.45) is 1.02. The van der Waals surface area contributed by atoms with Gasteiger partial charge < -0.3 is 20.6 Å². The van der Waals surface area contributed by atoms with E-state index in [4.69, 9.17) is 5.73 Å². The van der Waals surface area contributed by atoms with Gasteiger partial charge in [0.2, 0.25) is 5.91 Å². The molecule has 1 heterocycles. The molecule has 3 N–H and O–H groups in total. The van der Waals surface area contributed by atoms with E-state index in [2.05, 4.69) is 0 Å². The van der Waals surface area contributed by atoms with E-state index in [1.807, 2.05) is 0 Å². The predicted molar refractivity (Wildman–Crippen MR) is 144 cm³/mol. The highest BCUT2D eigenvalue weighted by Gasteiger charge is 2.28. The van der Waals surface area contributed by atoms with Crippen LogP contribution in [0.4, 0.5) is 21.5 Å². The number of carbonyl (C=O) groups is 3. The number of hydrogen-bond donors (Lipinski definition) is 2. The molecular weight excluding hydrogens is 527 g/mol. The Morgan fingerprint density at radius 3 is 2.23 bits per heavy atom. The van der Waals surface area contributed by atoms with Gasteiger partial charge in [0.05, 0.1) is 16.1 Å². The number of hydrogen-bond acceptors (Lipinski definition) is 7. The molecule has 3 aromatic carbocycles. The second-order valence-corrected chi connectivity index (χ2v) is 11.1. The molecule has 0 unspecified atom stereocenters. The molecule has 1 aliphatic heterocycles. The van der Waals surface area contributed by atoms with Crippen molar-refractivity contribution in [3.8, 4) is 0 Å². The minimum absolute atomic E-state index is 0.0712. The molecule has 1 saturated heterocycles. The van der Waals surface area contributed by atoms with E-state index in [-0.39, 0.29) is 47.3 Å². The maximum atomic E-state index is 13.7. The molecule has 1 aliphatic rings. The summed E-state index contributed by atoms with van der Waals surface area (Å²) in [7, 11) is -3.68. The molecular formula is C27H27FN4O6S. The van der Waals surface area contributed by atoms with Crippen LogP contribution in [0.2, 0.25) is 0 Å². The summed E-state index contributed by atoms with van der Waals surface area (Å²) in [5, 5.41) is 9.23. The van der Waals surface area contributed by atoms with Crippen LogP contribution >= 0.6 is 0 Å². The second-order valence-electron chi connectivity index (χ2n) is 9.09. The van der Waals surface area contributed by atoms with Crippen LogP contribution in [0.1, 0.15) is 20.7 Å². The SMILES string of the molecule is CS(=O)(=O)c1cc(F)ccc1N1CCN(C(=O)CN(C(=O)c2ccc(C(=O)O)c(N)c2)c2ccccc2)CC1. The molecule has 0 spiro atoms. The van der Waals surface area contributed by atoms with Gasteiger partial charge in [0.1, 0.15) is 12.4 Å². The molecule has 12 heteroatoms. The standard InChI is InChI=1S/C27H27FN4O6S/c1-39(37,38)24-16-19(28)8-10-23(24)30-11-13-31(14-12-30)25(33)17-32(20-5-3-2-4-6-20)26(34)18-7-9-21(27(35)36)22(29)15-18/h2-10,15-16H,11-14,17,29H2,1H3,(H,35,36). The molecule has 3 aromatic rings. The lowest BCUT2D eigenvalue weighted by Crippen LogP contribution is -2.52. The third kappa shape index (κ3) is 6.17. The van der Waals surface area contributed by atoms with Crippen LogP contribution in [-0.2, 0) is 14.6 Å². The molecule has 0 saturated carbocycles. The molecule has 4 rings (SSSR count). The Labute approximate surface area is 225 Å². The first-order valence-corrected chi connectivity index (χ1v) is 13.9. The van der Waals surface area contributed by atoms with Crippen molar-refractivity contribution in [1.82, 2.24) is 4.90 Å². The normalized spacial score (nSPS) is 13.7.